The van der Waals surface area contributed by atoms with E-state index in [0.717, 1.165) is 28.0 Å². The molecule has 0 aliphatic carbocycles. The molecule has 0 aliphatic rings. The molecule has 4 heteroatoms. The van der Waals surface area contributed by atoms with Crippen LogP contribution in [0.2, 0.25) is 0 Å². The third-order valence-corrected chi connectivity index (χ3v) is 2.69. The highest BCUT2D eigenvalue weighted by Crippen LogP contribution is 2.29. The molecule has 2 rings (SSSR count). The molecule has 0 N–H and O–H groups in total. The van der Waals surface area contributed by atoms with Crippen molar-refractivity contribution in [3.8, 4) is 17.0 Å². The number of halogens is 1. The first-order chi connectivity index (χ1) is 8.31. The molecule has 2 aromatic rings. The lowest BCUT2D eigenvalue weighted by atomic mass is 10.1. The second-order valence-electron chi connectivity index (χ2n) is 3.57. The first kappa shape index (κ1) is 12.0. The highest BCUT2D eigenvalue weighted by atomic mass is 79.9. The Kier molecular flexibility index (Phi) is 4.09. The van der Waals surface area contributed by atoms with Gasteiger partial charge in [0.05, 0.1) is 12.3 Å². The molecule has 1 aromatic carbocycles. The number of hydrogen-bond acceptors (Lipinski definition) is 3. The van der Waals surface area contributed by atoms with E-state index in [4.69, 9.17) is 4.74 Å². The SMILES string of the molecule is CCCOc1ccccc1-c1cc(Br)ncn1. The zero-order valence-electron chi connectivity index (χ0n) is 9.56. The number of aromatic nitrogens is 2. The van der Waals surface area contributed by atoms with Crippen LogP contribution in [0.15, 0.2) is 41.3 Å². The van der Waals surface area contributed by atoms with Crippen molar-refractivity contribution in [1.29, 1.82) is 0 Å². The van der Waals surface area contributed by atoms with Gasteiger partial charge < -0.3 is 4.74 Å². The van der Waals surface area contributed by atoms with Gasteiger partial charge in [0.2, 0.25) is 0 Å². The van der Waals surface area contributed by atoms with E-state index in [0.29, 0.717) is 6.61 Å². The van der Waals surface area contributed by atoms with Crippen LogP contribution in [0.3, 0.4) is 0 Å². The molecule has 1 aromatic heterocycles. The minimum atomic E-state index is 0.712. The van der Waals surface area contributed by atoms with Crippen molar-refractivity contribution in [3.05, 3.63) is 41.3 Å². The second kappa shape index (κ2) is 5.77. The van der Waals surface area contributed by atoms with Crippen LogP contribution in [-0.4, -0.2) is 16.6 Å². The first-order valence-electron chi connectivity index (χ1n) is 5.51. The predicted molar refractivity (Wildman–Crippen MR) is 71.0 cm³/mol. The molecule has 17 heavy (non-hydrogen) atoms. The Balaban J connectivity index is 2.37. The summed E-state index contributed by atoms with van der Waals surface area (Å²) < 4.78 is 6.48. The molecule has 0 bridgehead atoms. The van der Waals surface area contributed by atoms with Gasteiger partial charge in [-0.2, -0.15) is 0 Å². The van der Waals surface area contributed by atoms with Gasteiger partial charge in [0.15, 0.2) is 0 Å². The predicted octanol–water partition coefficient (Wildman–Crippen LogP) is 3.69. The highest BCUT2D eigenvalue weighted by Gasteiger charge is 2.07. The second-order valence-corrected chi connectivity index (χ2v) is 4.38. The van der Waals surface area contributed by atoms with Gasteiger partial charge in [0.1, 0.15) is 16.7 Å². The molecule has 88 valence electrons. The Morgan fingerprint density at radius 3 is 2.82 bits per heavy atom. The van der Waals surface area contributed by atoms with Gasteiger partial charge in [-0.3, -0.25) is 0 Å². The summed E-state index contributed by atoms with van der Waals surface area (Å²) >= 11 is 3.34. The van der Waals surface area contributed by atoms with E-state index in [1.807, 2.05) is 30.3 Å². The highest BCUT2D eigenvalue weighted by molar-refractivity contribution is 9.10. The molecule has 0 saturated carbocycles. The minimum absolute atomic E-state index is 0.712. The molecule has 1 heterocycles. The fourth-order valence-corrected chi connectivity index (χ4v) is 1.81. The fraction of sp³-hybridized carbons (Fsp3) is 0.231. The molecule has 0 spiro atoms. The van der Waals surface area contributed by atoms with Gasteiger partial charge in [-0.1, -0.05) is 19.1 Å². The van der Waals surface area contributed by atoms with E-state index in [1.165, 1.54) is 6.33 Å². The molecule has 0 unspecified atom stereocenters. The molecular weight excluding hydrogens is 280 g/mol. The molecule has 0 atom stereocenters. The topological polar surface area (TPSA) is 35.0 Å². The Hall–Kier alpha value is -1.42. The van der Waals surface area contributed by atoms with Gasteiger partial charge in [-0.25, -0.2) is 9.97 Å². The maximum Gasteiger partial charge on any atom is 0.128 e. The Morgan fingerprint density at radius 1 is 1.24 bits per heavy atom. The third-order valence-electron chi connectivity index (χ3n) is 2.26. The average Bonchev–Trinajstić information content (AvgIpc) is 2.37. The van der Waals surface area contributed by atoms with Crippen molar-refractivity contribution in [1.82, 2.24) is 9.97 Å². The van der Waals surface area contributed by atoms with Gasteiger partial charge in [0.25, 0.3) is 0 Å². The first-order valence-corrected chi connectivity index (χ1v) is 6.30. The lowest BCUT2D eigenvalue weighted by Crippen LogP contribution is -1.97. The Morgan fingerprint density at radius 2 is 2.06 bits per heavy atom. The van der Waals surface area contributed by atoms with E-state index in [9.17, 15) is 0 Å². The Bertz CT molecular complexity index is 502. The van der Waals surface area contributed by atoms with Crippen LogP contribution in [0.1, 0.15) is 13.3 Å². The maximum atomic E-state index is 5.70. The van der Waals surface area contributed by atoms with E-state index >= 15 is 0 Å². The van der Waals surface area contributed by atoms with Crippen molar-refractivity contribution >= 4 is 15.9 Å². The number of rotatable bonds is 4. The minimum Gasteiger partial charge on any atom is -0.493 e. The molecule has 0 amide bonds. The van der Waals surface area contributed by atoms with Crippen molar-refractivity contribution in [2.24, 2.45) is 0 Å². The summed E-state index contributed by atoms with van der Waals surface area (Å²) in [6, 6.07) is 9.78. The van der Waals surface area contributed by atoms with Crippen molar-refractivity contribution < 1.29 is 4.74 Å². The van der Waals surface area contributed by atoms with Gasteiger partial charge >= 0.3 is 0 Å². The normalized spacial score (nSPS) is 10.2. The smallest absolute Gasteiger partial charge is 0.128 e. The number of hydrogen-bond donors (Lipinski definition) is 0. The van der Waals surface area contributed by atoms with Gasteiger partial charge in [0, 0.05) is 5.56 Å². The van der Waals surface area contributed by atoms with E-state index in [2.05, 4.69) is 32.8 Å². The number of para-hydroxylation sites is 1. The number of ether oxygens (including phenoxy) is 1. The molecule has 3 nitrogen and oxygen atoms in total. The average molecular weight is 293 g/mol. The third kappa shape index (κ3) is 3.03. The molecular formula is C13H13BrN2O. The number of nitrogens with zero attached hydrogens (tertiary/aromatic N) is 2. The standard InChI is InChI=1S/C13H13BrN2O/c1-2-7-17-12-6-4-3-5-10(12)11-8-13(14)16-9-15-11/h3-6,8-9H,2,7H2,1H3. The van der Waals surface area contributed by atoms with Gasteiger partial charge in [-0.15, -0.1) is 0 Å². The van der Waals surface area contributed by atoms with Crippen molar-refractivity contribution in [2.75, 3.05) is 6.61 Å². The summed E-state index contributed by atoms with van der Waals surface area (Å²) in [5, 5.41) is 0. The number of benzene rings is 1. The van der Waals surface area contributed by atoms with Crippen molar-refractivity contribution in [3.63, 3.8) is 0 Å². The summed E-state index contributed by atoms with van der Waals surface area (Å²) in [5.74, 6) is 0.861. The largest absolute Gasteiger partial charge is 0.493 e. The van der Waals surface area contributed by atoms with Gasteiger partial charge in [-0.05, 0) is 40.5 Å². The van der Waals surface area contributed by atoms with Crippen LogP contribution in [-0.2, 0) is 0 Å². The van der Waals surface area contributed by atoms with E-state index in [-0.39, 0.29) is 0 Å². The summed E-state index contributed by atoms with van der Waals surface area (Å²) in [6.45, 7) is 2.80. The van der Waals surface area contributed by atoms with Crippen LogP contribution in [0, 0.1) is 0 Å². The van der Waals surface area contributed by atoms with E-state index in [1.54, 1.807) is 0 Å². The van der Waals surface area contributed by atoms with Crippen molar-refractivity contribution in [2.45, 2.75) is 13.3 Å². The summed E-state index contributed by atoms with van der Waals surface area (Å²) in [6.07, 6.45) is 2.53. The zero-order valence-corrected chi connectivity index (χ0v) is 11.1. The zero-order chi connectivity index (χ0) is 12.1. The lowest BCUT2D eigenvalue weighted by molar-refractivity contribution is 0.318. The summed E-state index contributed by atoms with van der Waals surface area (Å²) in [4.78, 5) is 8.28. The quantitative estimate of drug-likeness (QED) is 0.806. The summed E-state index contributed by atoms with van der Waals surface area (Å²) in [5.41, 5.74) is 1.85. The van der Waals surface area contributed by atoms with Crippen LogP contribution in [0.4, 0.5) is 0 Å². The lowest BCUT2D eigenvalue weighted by Gasteiger charge is -2.10. The molecule has 0 radical (unpaired) electrons. The Labute approximate surface area is 109 Å². The molecule has 0 aliphatic heterocycles. The fourth-order valence-electron chi connectivity index (χ4n) is 1.50. The van der Waals surface area contributed by atoms with Crippen LogP contribution in [0.25, 0.3) is 11.3 Å². The summed E-state index contributed by atoms with van der Waals surface area (Å²) in [7, 11) is 0. The van der Waals surface area contributed by atoms with Crippen LogP contribution in [0.5, 0.6) is 5.75 Å². The molecule has 0 saturated heterocycles. The van der Waals surface area contributed by atoms with Crippen LogP contribution < -0.4 is 4.74 Å². The molecule has 0 fully saturated rings. The van der Waals surface area contributed by atoms with E-state index < -0.39 is 0 Å². The monoisotopic (exact) mass is 292 g/mol. The maximum absolute atomic E-state index is 5.70. The van der Waals surface area contributed by atoms with Crippen LogP contribution >= 0.6 is 15.9 Å².